The Labute approximate surface area is 150 Å². The standard InChI is InChI=1S/C21H20N2O3/c1-12(22)13-7-8-18(20-16(13)6-3-11-26-20)19(24)15-4-2-5-17-14(15)9-10-23-21(17)25/h2,4-5,7-10,12H,3,6,11,22H2,1H3,(H,23,25). The molecule has 1 atom stereocenters. The minimum Gasteiger partial charge on any atom is -0.493 e. The number of nitrogens with two attached hydrogens (primary N) is 1. The lowest BCUT2D eigenvalue weighted by atomic mass is 9.90. The number of carbonyl (C=O) groups excluding carboxylic acids is 1. The number of ether oxygens (including phenoxy) is 1. The fourth-order valence-electron chi connectivity index (χ4n) is 3.66. The highest BCUT2D eigenvalue weighted by molar-refractivity contribution is 6.17. The molecule has 3 N–H and O–H groups in total. The van der Waals surface area contributed by atoms with Crippen molar-refractivity contribution < 1.29 is 9.53 Å². The Balaban J connectivity index is 1.91. The van der Waals surface area contributed by atoms with Gasteiger partial charge in [0.15, 0.2) is 5.78 Å². The van der Waals surface area contributed by atoms with Gasteiger partial charge < -0.3 is 15.5 Å². The highest BCUT2D eigenvalue weighted by Gasteiger charge is 2.25. The van der Waals surface area contributed by atoms with Crippen molar-refractivity contribution in [3.8, 4) is 5.75 Å². The van der Waals surface area contributed by atoms with Crippen molar-refractivity contribution in [2.45, 2.75) is 25.8 Å². The zero-order chi connectivity index (χ0) is 18.3. The van der Waals surface area contributed by atoms with Crippen LogP contribution < -0.4 is 16.0 Å². The summed E-state index contributed by atoms with van der Waals surface area (Å²) in [5.74, 6) is 0.494. The molecule has 0 saturated heterocycles. The van der Waals surface area contributed by atoms with Gasteiger partial charge in [-0.05, 0) is 54.5 Å². The average Bonchev–Trinajstić information content (AvgIpc) is 2.66. The number of carbonyl (C=O) groups is 1. The van der Waals surface area contributed by atoms with Gasteiger partial charge in [0.2, 0.25) is 0 Å². The fourth-order valence-corrected chi connectivity index (χ4v) is 3.66. The molecule has 0 amide bonds. The Morgan fingerprint density at radius 3 is 2.81 bits per heavy atom. The van der Waals surface area contributed by atoms with Crippen molar-refractivity contribution in [2.75, 3.05) is 6.61 Å². The van der Waals surface area contributed by atoms with Gasteiger partial charge in [-0.1, -0.05) is 18.2 Å². The van der Waals surface area contributed by atoms with Crippen LogP contribution in [0.1, 0.15) is 46.4 Å². The number of ketones is 1. The van der Waals surface area contributed by atoms with E-state index in [0.717, 1.165) is 24.0 Å². The summed E-state index contributed by atoms with van der Waals surface area (Å²) in [5.41, 5.74) is 8.95. The van der Waals surface area contributed by atoms with Gasteiger partial charge >= 0.3 is 0 Å². The van der Waals surface area contributed by atoms with E-state index in [1.165, 1.54) is 0 Å². The van der Waals surface area contributed by atoms with Crippen molar-refractivity contribution in [3.05, 3.63) is 75.2 Å². The number of hydrogen-bond acceptors (Lipinski definition) is 4. The molecular formula is C21H20N2O3. The smallest absolute Gasteiger partial charge is 0.255 e. The van der Waals surface area contributed by atoms with E-state index < -0.39 is 0 Å². The lowest BCUT2D eigenvalue weighted by Crippen LogP contribution is -2.18. The lowest BCUT2D eigenvalue weighted by Gasteiger charge is -2.24. The lowest BCUT2D eigenvalue weighted by molar-refractivity contribution is 0.103. The predicted octanol–water partition coefficient (Wildman–Crippen LogP) is 3.10. The summed E-state index contributed by atoms with van der Waals surface area (Å²) in [6.45, 7) is 2.52. The number of hydrogen-bond donors (Lipinski definition) is 2. The molecule has 2 aromatic carbocycles. The van der Waals surface area contributed by atoms with Crippen molar-refractivity contribution in [3.63, 3.8) is 0 Å². The molecular weight excluding hydrogens is 328 g/mol. The van der Waals surface area contributed by atoms with Crippen LogP contribution in [-0.2, 0) is 6.42 Å². The van der Waals surface area contributed by atoms with Gasteiger partial charge in [0.25, 0.3) is 5.56 Å². The molecule has 4 rings (SSSR count). The molecule has 1 aliphatic heterocycles. The molecule has 1 aromatic heterocycles. The van der Waals surface area contributed by atoms with Crippen molar-refractivity contribution in [1.82, 2.24) is 4.98 Å². The van der Waals surface area contributed by atoms with Crippen LogP contribution in [0.15, 0.2) is 47.4 Å². The summed E-state index contributed by atoms with van der Waals surface area (Å²) in [6.07, 6.45) is 3.32. The largest absolute Gasteiger partial charge is 0.493 e. The highest BCUT2D eigenvalue weighted by atomic mass is 16.5. The Morgan fingerprint density at radius 1 is 1.15 bits per heavy atom. The summed E-state index contributed by atoms with van der Waals surface area (Å²) in [6, 6.07) is 10.5. The molecule has 3 aromatic rings. The second-order valence-corrected chi connectivity index (χ2v) is 6.65. The van der Waals surface area contributed by atoms with Crippen LogP contribution in [0.4, 0.5) is 0 Å². The van der Waals surface area contributed by atoms with Gasteiger partial charge in [-0.3, -0.25) is 9.59 Å². The highest BCUT2D eigenvalue weighted by Crippen LogP contribution is 2.36. The van der Waals surface area contributed by atoms with E-state index in [9.17, 15) is 9.59 Å². The zero-order valence-electron chi connectivity index (χ0n) is 14.5. The summed E-state index contributed by atoms with van der Waals surface area (Å²) in [7, 11) is 0. The number of nitrogens with one attached hydrogen (secondary N) is 1. The minimum atomic E-state index is -0.206. The molecule has 0 spiro atoms. The van der Waals surface area contributed by atoms with Crippen LogP contribution in [0.25, 0.3) is 10.8 Å². The molecule has 1 aliphatic rings. The van der Waals surface area contributed by atoms with Crippen LogP contribution in [0.3, 0.4) is 0 Å². The number of H-pyrrole nitrogens is 1. The Kier molecular flexibility index (Phi) is 4.09. The Morgan fingerprint density at radius 2 is 2.00 bits per heavy atom. The van der Waals surface area contributed by atoms with E-state index in [-0.39, 0.29) is 17.4 Å². The van der Waals surface area contributed by atoms with Gasteiger partial charge in [0.05, 0.1) is 12.2 Å². The fraction of sp³-hybridized carbons (Fsp3) is 0.238. The number of pyridine rings is 1. The van der Waals surface area contributed by atoms with E-state index in [4.69, 9.17) is 10.5 Å². The molecule has 0 fully saturated rings. The SMILES string of the molecule is CC(N)c1ccc(C(=O)c2cccc3c(=O)[nH]ccc23)c2c1CCCO2. The predicted molar refractivity (Wildman–Crippen MR) is 101 cm³/mol. The average molecular weight is 348 g/mol. The first-order chi connectivity index (χ1) is 12.6. The number of rotatable bonds is 3. The summed E-state index contributed by atoms with van der Waals surface area (Å²) in [4.78, 5) is 28.0. The van der Waals surface area contributed by atoms with Crippen molar-refractivity contribution in [1.29, 1.82) is 0 Å². The molecule has 5 nitrogen and oxygen atoms in total. The van der Waals surface area contributed by atoms with Gasteiger partial charge in [-0.15, -0.1) is 0 Å². The van der Waals surface area contributed by atoms with Crippen molar-refractivity contribution in [2.24, 2.45) is 5.73 Å². The molecule has 132 valence electrons. The summed E-state index contributed by atoms with van der Waals surface area (Å²) >= 11 is 0. The maximum atomic E-state index is 13.3. The topological polar surface area (TPSA) is 85.2 Å². The monoisotopic (exact) mass is 348 g/mol. The van der Waals surface area contributed by atoms with Crippen LogP contribution in [-0.4, -0.2) is 17.4 Å². The summed E-state index contributed by atoms with van der Waals surface area (Å²) < 4.78 is 5.88. The molecule has 0 saturated carbocycles. The first kappa shape index (κ1) is 16.5. The first-order valence-corrected chi connectivity index (χ1v) is 8.77. The van der Waals surface area contributed by atoms with Crippen LogP contribution in [0.2, 0.25) is 0 Å². The zero-order valence-corrected chi connectivity index (χ0v) is 14.5. The number of benzene rings is 2. The Bertz CT molecular complexity index is 1070. The van der Waals surface area contributed by atoms with Crippen molar-refractivity contribution >= 4 is 16.6 Å². The normalized spacial score (nSPS) is 14.5. The number of aromatic nitrogens is 1. The van der Waals surface area contributed by atoms with Gasteiger partial charge in [-0.25, -0.2) is 0 Å². The molecule has 0 radical (unpaired) electrons. The third-order valence-corrected chi connectivity index (χ3v) is 4.91. The van der Waals surface area contributed by atoms with Gasteiger partial charge in [0, 0.05) is 23.2 Å². The maximum Gasteiger partial charge on any atom is 0.255 e. The first-order valence-electron chi connectivity index (χ1n) is 8.77. The van der Waals surface area contributed by atoms with E-state index in [0.29, 0.717) is 34.3 Å². The Hall–Kier alpha value is -2.92. The molecule has 0 bridgehead atoms. The van der Waals surface area contributed by atoms with Gasteiger partial charge in [-0.2, -0.15) is 0 Å². The van der Waals surface area contributed by atoms with E-state index in [1.54, 1.807) is 36.5 Å². The van der Waals surface area contributed by atoms with Gasteiger partial charge in [0.1, 0.15) is 5.75 Å². The van der Waals surface area contributed by atoms with Crippen LogP contribution >= 0.6 is 0 Å². The molecule has 2 heterocycles. The van der Waals surface area contributed by atoms with Crippen LogP contribution in [0.5, 0.6) is 5.75 Å². The third kappa shape index (κ3) is 2.61. The molecule has 1 unspecified atom stereocenters. The molecule has 26 heavy (non-hydrogen) atoms. The van der Waals surface area contributed by atoms with E-state index in [1.807, 2.05) is 13.0 Å². The second-order valence-electron chi connectivity index (χ2n) is 6.65. The minimum absolute atomic E-state index is 0.120. The van der Waals surface area contributed by atoms with Crippen LogP contribution in [0, 0.1) is 0 Å². The molecule has 5 heteroatoms. The molecule has 0 aliphatic carbocycles. The third-order valence-electron chi connectivity index (χ3n) is 4.91. The maximum absolute atomic E-state index is 13.3. The van der Waals surface area contributed by atoms with E-state index in [2.05, 4.69) is 4.98 Å². The van der Waals surface area contributed by atoms with E-state index >= 15 is 0 Å². The quantitative estimate of drug-likeness (QED) is 0.712. The number of fused-ring (bicyclic) bond motifs is 2. The summed E-state index contributed by atoms with van der Waals surface area (Å²) in [5, 5.41) is 1.14. The number of aromatic amines is 1. The second kappa shape index (κ2) is 6.42.